The summed E-state index contributed by atoms with van der Waals surface area (Å²) in [5.74, 6) is 1.26. The number of methoxy groups -OCH3 is 2. The quantitative estimate of drug-likeness (QED) is 0.623. The molecule has 0 aliphatic carbocycles. The van der Waals surface area contributed by atoms with Crippen molar-refractivity contribution < 1.29 is 9.47 Å². The topological polar surface area (TPSA) is 128 Å². The standard InChI is InChI=1S/C14H15N5O4/c1-22-8-4-3-7(9(5-8)23-2)6-19-12-10(16-14(19)21)11(15)17-13(20)18-12/h3-5H,6H2,1-2H3,(H,16,21)(H3,15,17,18,20)/i13+1,17+1,19+1. The third-order valence-electron chi connectivity index (χ3n) is 3.50. The monoisotopic (exact) mass is 320 g/mol. The van der Waals surface area contributed by atoms with Crippen molar-refractivity contribution in [2.45, 2.75) is 6.54 Å². The SMILES string of the molecule is COc1ccc(C[15n]2c(=O)[nH]c3c(N)[15nH][13c](=O)nc32)c(OC)c1. The second kappa shape index (κ2) is 5.52. The van der Waals surface area contributed by atoms with Crippen molar-refractivity contribution >= 4 is 17.0 Å². The molecule has 3 aromatic rings. The fraction of sp³-hybridized carbons (Fsp3) is 0.214. The van der Waals surface area contributed by atoms with Crippen LogP contribution in [-0.2, 0) is 6.54 Å². The number of rotatable bonds is 4. The van der Waals surface area contributed by atoms with Gasteiger partial charge in [0, 0.05) is 11.6 Å². The number of aromatic nitrogens is 4. The van der Waals surface area contributed by atoms with Crippen LogP contribution in [0.25, 0.3) is 11.2 Å². The first-order chi connectivity index (χ1) is 11.0. The van der Waals surface area contributed by atoms with E-state index < -0.39 is 11.4 Å². The molecule has 0 radical (unpaired) electrons. The molecule has 0 fully saturated rings. The normalized spacial score (nSPS) is 10.9. The minimum Gasteiger partial charge on any atom is -0.497 e. The highest BCUT2D eigenvalue weighted by molar-refractivity contribution is 5.81. The van der Waals surface area contributed by atoms with Gasteiger partial charge in [-0.25, -0.2) is 9.59 Å². The van der Waals surface area contributed by atoms with Gasteiger partial charge in [0.2, 0.25) is 0 Å². The van der Waals surface area contributed by atoms with E-state index in [0.717, 1.165) is 5.56 Å². The summed E-state index contributed by atoms with van der Waals surface area (Å²) in [4.78, 5) is 32.4. The summed E-state index contributed by atoms with van der Waals surface area (Å²) in [7, 11) is 3.08. The van der Waals surface area contributed by atoms with E-state index >= 15 is 0 Å². The number of hydrogen-bond acceptors (Lipinski definition) is 6. The Bertz CT molecular complexity index is 985. The maximum atomic E-state index is 12.2. The number of benzene rings is 1. The summed E-state index contributed by atoms with van der Waals surface area (Å²) in [6.45, 7) is 0.169. The van der Waals surface area contributed by atoms with Gasteiger partial charge in [-0.3, -0.25) is 9.55 Å². The number of nitrogens with two attached hydrogens (primary N) is 1. The highest BCUT2D eigenvalue weighted by Gasteiger charge is 2.14. The Labute approximate surface area is 129 Å². The summed E-state index contributed by atoms with van der Waals surface area (Å²) in [5, 5.41) is 0. The molecule has 3 rings (SSSR count). The van der Waals surface area contributed by atoms with Gasteiger partial charge < -0.3 is 20.2 Å². The van der Waals surface area contributed by atoms with Crippen LogP contribution < -0.4 is 26.6 Å². The van der Waals surface area contributed by atoms with Gasteiger partial charge in [-0.15, -0.1) is 0 Å². The summed E-state index contributed by atoms with van der Waals surface area (Å²) >= 11 is 0. The maximum Gasteiger partial charge on any atom is 0.348 e. The molecule has 2 heterocycles. The molecule has 120 valence electrons. The third kappa shape index (κ3) is 2.52. The Kier molecular flexibility index (Phi) is 3.53. The number of aromatic amines is 2. The molecular weight excluding hydrogens is 305 g/mol. The number of nitrogens with one attached hydrogen (secondary N) is 2. The second-order valence-corrected chi connectivity index (χ2v) is 4.85. The van der Waals surface area contributed by atoms with Gasteiger partial charge in [-0.05, 0) is 12.1 Å². The molecule has 0 aliphatic rings. The molecule has 0 bridgehead atoms. The van der Waals surface area contributed by atoms with Crippen LogP contribution in [0.5, 0.6) is 11.5 Å². The molecule has 0 atom stereocenters. The smallest absolute Gasteiger partial charge is 0.348 e. The first kappa shape index (κ1) is 14.7. The number of ether oxygens (including phenoxy) is 2. The molecule has 0 amide bonds. The largest absolute Gasteiger partial charge is 0.497 e. The van der Waals surface area contributed by atoms with Crippen molar-refractivity contribution in [2.75, 3.05) is 20.0 Å². The van der Waals surface area contributed by atoms with E-state index in [2.05, 4.69) is 15.0 Å². The van der Waals surface area contributed by atoms with Gasteiger partial charge in [0.15, 0.2) is 5.65 Å². The summed E-state index contributed by atoms with van der Waals surface area (Å²) in [6, 6.07) is 5.25. The first-order valence-corrected chi connectivity index (χ1v) is 6.72. The molecule has 2 aromatic heterocycles. The molecule has 0 saturated heterocycles. The lowest BCUT2D eigenvalue weighted by Gasteiger charge is -2.10. The zero-order chi connectivity index (χ0) is 16.6. The highest BCUT2D eigenvalue weighted by Crippen LogP contribution is 2.25. The summed E-state index contributed by atoms with van der Waals surface area (Å²) < 4.78 is 11.8. The Balaban J connectivity index is 2.14. The minimum absolute atomic E-state index is 0.0672. The molecule has 0 saturated carbocycles. The lowest BCUT2D eigenvalue weighted by atomic mass is 10.2. The number of anilines is 1. The predicted molar refractivity (Wildman–Crippen MR) is 84.0 cm³/mol. The van der Waals surface area contributed by atoms with Gasteiger partial charge in [-0.1, -0.05) is 0 Å². The fourth-order valence-corrected chi connectivity index (χ4v) is 2.37. The molecule has 0 aliphatic heterocycles. The van der Waals surface area contributed by atoms with E-state index in [4.69, 9.17) is 15.2 Å². The third-order valence-corrected chi connectivity index (χ3v) is 3.50. The van der Waals surface area contributed by atoms with Gasteiger partial charge in [-0.2, -0.15) is 4.98 Å². The van der Waals surface area contributed by atoms with Crippen LogP contribution in [0.3, 0.4) is 0 Å². The zero-order valence-corrected chi connectivity index (χ0v) is 12.5. The Morgan fingerprint density at radius 2 is 2.00 bits per heavy atom. The van der Waals surface area contributed by atoms with Crippen LogP contribution in [0.4, 0.5) is 5.82 Å². The van der Waals surface area contributed by atoms with Crippen molar-refractivity contribution in [1.29, 1.82) is 0 Å². The lowest BCUT2D eigenvalue weighted by Crippen LogP contribution is -2.19. The van der Waals surface area contributed by atoms with E-state index in [-0.39, 0.29) is 18.0 Å². The Hall–Kier alpha value is -3.23. The molecule has 23 heavy (non-hydrogen) atoms. The van der Waals surface area contributed by atoms with E-state index in [1.807, 2.05) is 0 Å². The van der Waals surface area contributed by atoms with E-state index in [0.29, 0.717) is 17.0 Å². The van der Waals surface area contributed by atoms with E-state index in [9.17, 15) is 9.59 Å². The molecule has 0 unspecified atom stereocenters. The van der Waals surface area contributed by atoms with Crippen LogP contribution >= 0.6 is 0 Å². The number of hydrogen-bond donors (Lipinski definition) is 3. The van der Waals surface area contributed by atoms with Crippen LogP contribution in [0.1, 0.15) is 5.56 Å². The summed E-state index contributed by atoms with van der Waals surface area (Å²) in [6.07, 6.45) is 0. The minimum atomic E-state index is -0.621. The van der Waals surface area contributed by atoms with Crippen LogP contribution in [0.2, 0.25) is 0 Å². The molecule has 9 nitrogen and oxygen atoms in total. The lowest BCUT2D eigenvalue weighted by molar-refractivity contribution is 0.390. The number of nitrogens with zero attached hydrogens (tertiary/aromatic N) is 2. The van der Waals surface area contributed by atoms with Gasteiger partial charge in [0.05, 0.1) is 20.8 Å². The second-order valence-electron chi connectivity index (χ2n) is 4.85. The molecular formula is C14H15N5O4. The fourth-order valence-electron chi connectivity index (χ4n) is 2.37. The Morgan fingerprint density at radius 3 is 2.70 bits per heavy atom. The molecule has 0 spiro atoms. The Morgan fingerprint density at radius 1 is 1.22 bits per heavy atom. The van der Waals surface area contributed by atoms with Gasteiger partial charge in [0.25, 0.3) is 0 Å². The number of imidazole rings is 1. The van der Waals surface area contributed by atoms with Crippen molar-refractivity contribution in [1.82, 2.24) is 19.5 Å². The van der Waals surface area contributed by atoms with Crippen LogP contribution in [0, 0.1) is 0 Å². The predicted octanol–water partition coefficient (Wildman–Crippen LogP) is 0.0606. The summed E-state index contributed by atoms with van der Waals surface area (Å²) in [5.41, 5.74) is 5.88. The zero-order valence-electron chi connectivity index (χ0n) is 12.5. The number of fused-ring (bicyclic) bond motifs is 1. The first-order valence-electron chi connectivity index (χ1n) is 6.72. The maximum absolute atomic E-state index is 12.2. The molecule has 1 aromatic carbocycles. The van der Waals surface area contributed by atoms with Crippen molar-refractivity contribution in [3.05, 3.63) is 44.7 Å². The van der Waals surface area contributed by atoms with Crippen molar-refractivity contribution in [3.8, 4) is 11.5 Å². The van der Waals surface area contributed by atoms with Gasteiger partial charge >= 0.3 is 11.4 Å². The van der Waals surface area contributed by atoms with Crippen LogP contribution in [-0.4, -0.2) is 33.7 Å². The highest BCUT2D eigenvalue weighted by atomic mass is 16.5. The molecule has 4 N–H and O–H groups in total. The van der Waals surface area contributed by atoms with E-state index in [1.54, 1.807) is 25.3 Å². The van der Waals surface area contributed by atoms with Gasteiger partial charge in [0.1, 0.15) is 22.8 Å². The molecule has 9 heteroatoms. The average Bonchev–Trinajstić information content (AvgIpc) is 2.84. The number of nitrogen functional groups attached to an aromatic ring is 1. The van der Waals surface area contributed by atoms with Crippen molar-refractivity contribution in [3.63, 3.8) is 0 Å². The van der Waals surface area contributed by atoms with Crippen LogP contribution in [0.15, 0.2) is 27.8 Å². The van der Waals surface area contributed by atoms with E-state index in [1.165, 1.54) is 11.7 Å². The average molecular weight is 320 g/mol. The number of H-pyrrole nitrogens is 2. The van der Waals surface area contributed by atoms with Crippen molar-refractivity contribution in [2.24, 2.45) is 0 Å².